The van der Waals surface area contributed by atoms with Crippen LogP contribution < -0.4 is 9.47 Å². The molecule has 0 aliphatic carbocycles. The summed E-state index contributed by atoms with van der Waals surface area (Å²) in [6.07, 6.45) is 8.00. The van der Waals surface area contributed by atoms with Gasteiger partial charge in [-0.2, -0.15) is 4.73 Å². The van der Waals surface area contributed by atoms with Gasteiger partial charge in [-0.25, -0.2) is 4.79 Å². The van der Waals surface area contributed by atoms with Crippen LogP contribution in [0.2, 0.25) is 0 Å². The van der Waals surface area contributed by atoms with E-state index in [-0.39, 0.29) is 11.0 Å². The molecule has 0 N–H and O–H groups in total. The minimum atomic E-state index is -0.532. The second-order valence-electron chi connectivity index (χ2n) is 9.01. The molecule has 2 heterocycles. The molecule has 2 unspecified atom stereocenters. The van der Waals surface area contributed by atoms with Crippen molar-refractivity contribution in [1.82, 2.24) is 4.90 Å². The Morgan fingerprint density at radius 3 is 2.76 bits per heavy atom. The van der Waals surface area contributed by atoms with Gasteiger partial charge in [0.2, 0.25) is 0 Å². The fourth-order valence-electron chi connectivity index (χ4n) is 4.47. The monoisotopic (exact) mass is 442 g/mol. The Bertz CT molecular complexity index is 1130. The Hall–Kier alpha value is -3.44. The number of rotatable bonds is 6. The normalized spacial score (nSPS) is 21.2. The first kappa shape index (κ1) is 22.7. The third-order valence-corrected chi connectivity index (χ3v) is 6.76. The maximum absolute atomic E-state index is 12.5. The Kier molecular flexibility index (Phi) is 6.90. The smallest absolute Gasteiger partial charge is 0.349 e. The molecule has 0 saturated carbocycles. The first-order chi connectivity index (χ1) is 15.9. The van der Waals surface area contributed by atoms with Crippen LogP contribution in [0.15, 0.2) is 85.2 Å². The summed E-state index contributed by atoms with van der Waals surface area (Å²) in [6.45, 7) is 7.55. The van der Waals surface area contributed by atoms with Crippen LogP contribution in [0.1, 0.15) is 41.8 Å². The van der Waals surface area contributed by atoms with Gasteiger partial charge < -0.3 is 9.94 Å². The van der Waals surface area contributed by atoms with Gasteiger partial charge in [0.05, 0.1) is 0 Å². The van der Waals surface area contributed by atoms with Gasteiger partial charge in [-0.3, -0.25) is 4.90 Å². The summed E-state index contributed by atoms with van der Waals surface area (Å²) in [4.78, 5) is 14.9. The van der Waals surface area contributed by atoms with E-state index in [0.29, 0.717) is 16.4 Å². The second kappa shape index (κ2) is 10.0. The highest BCUT2D eigenvalue weighted by molar-refractivity contribution is 5.90. The van der Waals surface area contributed by atoms with Crippen molar-refractivity contribution in [1.29, 1.82) is 0 Å². The summed E-state index contributed by atoms with van der Waals surface area (Å²) >= 11 is 0. The fourth-order valence-corrected chi connectivity index (χ4v) is 4.47. The zero-order valence-corrected chi connectivity index (χ0v) is 19.2. The van der Waals surface area contributed by atoms with Gasteiger partial charge in [0.15, 0.2) is 12.4 Å². The van der Waals surface area contributed by atoms with E-state index in [2.05, 4.69) is 61.2 Å². The number of pyridine rings is 1. The van der Waals surface area contributed by atoms with Crippen LogP contribution in [-0.2, 0) is 5.41 Å². The van der Waals surface area contributed by atoms with E-state index in [4.69, 9.17) is 4.74 Å². The molecular formula is C28H30N2O3. The van der Waals surface area contributed by atoms with Crippen molar-refractivity contribution in [2.45, 2.75) is 25.7 Å². The molecule has 5 heteroatoms. The SMILES string of the molecule is CC1CN(CC=Cc2ccccc2)CCC1(C)c1cccc(OC(=O)c2ccc[n+]([O-])c2)c1. The van der Waals surface area contributed by atoms with Gasteiger partial charge in [-0.15, -0.1) is 0 Å². The van der Waals surface area contributed by atoms with E-state index in [0.717, 1.165) is 26.1 Å². The van der Waals surface area contributed by atoms with Crippen LogP contribution >= 0.6 is 0 Å². The molecule has 2 aromatic carbocycles. The molecule has 0 spiro atoms. The highest BCUT2D eigenvalue weighted by atomic mass is 16.5. The zero-order chi connectivity index (χ0) is 23.3. The Labute approximate surface area is 195 Å². The molecule has 3 aromatic rings. The number of piperidine rings is 1. The number of carbonyl (C=O) groups is 1. The maximum Gasteiger partial charge on any atom is 0.349 e. The topological polar surface area (TPSA) is 56.5 Å². The van der Waals surface area contributed by atoms with Crippen molar-refractivity contribution in [2.24, 2.45) is 5.92 Å². The maximum atomic E-state index is 12.5. The van der Waals surface area contributed by atoms with Crippen LogP contribution in [0, 0.1) is 11.1 Å². The highest BCUT2D eigenvalue weighted by Gasteiger charge is 2.37. The highest BCUT2D eigenvalue weighted by Crippen LogP contribution is 2.40. The number of ether oxygens (including phenoxy) is 1. The Balaban J connectivity index is 1.40. The molecule has 0 radical (unpaired) electrons. The predicted molar refractivity (Wildman–Crippen MR) is 130 cm³/mol. The molecule has 0 amide bonds. The zero-order valence-electron chi connectivity index (χ0n) is 19.2. The van der Waals surface area contributed by atoms with E-state index in [1.807, 2.05) is 18.2 Å². The van der Waals surface area contributed by atoms with Gasteiger partial charge in [0.1, 0.15) is 11.3 Å². The number of likely N-dealkylation sites (tertiary alicyclic amines) is 1. The van der Waals surface area contributed by atoms with E-state index in [1.165, 1.54) is 29.6 Å². The number of esters is 1. The third-order valence-electron chi connectivity index (χ3n) is 6.76. The predicted octanol–water partition coefficient (Wildman–Crippen LogP) is 4.85. The molecule has 1 fully saturated rings. The summed E-state index contributed by atoms with van der Waals surface area (Å²) in [5, 5.41) is 11.5. The van der Waals surface area contributed by atoms with Crippen molar-refractivity contribution < 1.29 is 14.3 Å². The lowest BCUT2D eigenvalue weighted by Crippen LogP contribution is -2.47. The molecular weight excluding hydrogens is 412 g/mol. The number of nitrogens with zero attached hydrogens (tertiary/aromatic N) is 2. The van der Waals surface area contributed by atoms with Crippen molar-refractivity contribution in [3.63, 3.8) is 0 Å². The van der Waals surface area contributed by atoms with Gasteiger partial charge in [-0.05, 0) is 53.6 Å². The van der Waals surface area contributed by atoms with Gasteiger partial charge in [0.25, 0.3) is 0 Å². The minimum Gasteiger partial charge on any atom is -0.619 e. The molecule has 2 atom stereocenters. The Morgan fingerprint density at radius 1 is 1.18 bits per heavy atom. The quantitative estimate of drug-likeness (QED) is 0.237. The van der Waals surface area contributed by atoms with E-state index in [1.54, 1.807) is 12.1 Å². The summed E-state index contributed by atoms with van der Waals surface area (Å²) in [5.74, 6) is 0.409. The van der Waals surface area contributed by atoms with Gasteiger partial charge in [-0.1, -0.05) is 68.5 Å². The van der Waals surface area contributed by atoms with Gasteiger partial charge >= 0.3 is 5.97 Å². The number of benzene rings is 2. The summed E-state index contributed by atoms with van der Waals surface area (Å²) in [6, 6.07) is 21.3. The van der Waals surface area contributed by atoms with Crippen molar-refractivity contribution in [2.75, 3.05) is 19.6 Å². The fraction of sp³-hybridized carbons (Fsp3) is 0.286. The van der Waals surface area contributed by atoms with Crippen LogP contribution in [0.3, 0.4) is 0 Å². The molecule has 4 rings (SSSR count). The summed E-state index contributed by atoms with van der Waals surface area (Å²) in [7, 11) is 0. The van der Waals surface area contributed by atoms with Crippen molar-refractivity contribution >= 4 is 12.0 Å². The molecule has 170 valence electrons. The number of hydrogen-bond acceptors (Lipinski definition) is 4. The molecule has 1 aliphatic rings. The van der Waals surface area contributed by atoms with E-state index in [9.17, 15) is 10.0 Å². The van der Waals surface area contributed by atoms with Crippen LogP contribution in [0.4, 0.5) is 0 Å². The molecule has 1 saturated heterocycles. The number of carbonyl (C=O) groups excluding carboxylic acids is 1. The van der Waals surface area contributed by atoms with Crippen LogP contribution in [0.25, 0.3) is 6.08 Å². The molecule has 0 bridgehead atoms. The van der Waals surface area contributed by atoms with Gasteiger partial charge in [0, 0.05) is 19.2 Å². The first-order valence-electron chi connectivity index (χ1n) is 11.4. The van der Waals surface area contributed by atoms with Crippen LogP contribution in [0.5, 0.6) is 5.75 Å². The second-order valence-corrected chi connectivity index (χ2v) is 9.01. The summed E-state index contributed by atoms with van der Waals surface area (Å²) < 4.78 is 6.17. The molecule has 1 aromatic heterocycles. The first-order valence-corrected chi connectivity index (χ1v) is 11.4. The molecule has 5 nitrogen and oxygen atoms in total. The lowest BCUT2D eigenvalue weighted by molar-refractivity contribution is -0.605. The number of hydrogen-bond donors (Lipinski definition) is 0. The molecule has 33 heavy (non-hydrogen) atoms. The summed E-state index contributed by atoms with van der Waals surface area (Å²) in [5.41, 5.74) is 2.62. The number of aromatic nitrogens is 1. The Morgan fingerprint density at radius 2 is 2.00 bits per heavy atom. The lowest BCUT2D eigenvalue weighted by atomic mass is 9.68. The third kappa shape index (κ3) is 5.49. The van der Waals surface area contributed by atoms with Crippen molar-refractivity contribution in [3.05, 3.63) is 107 Å². The van der Waals surface area contributed by atoms with E-state index < -0.39 is 5.97 Å². The average Bonchev–Trinajstić information content (AvgIpc) is 2.82. The minimum absolute atomic E-state index is 0.00709. The molecule has 1 aliphatic heterocycles. The van der Waals surface area contributed by atoms with Crippen molar-refractivity contribution in [3.8, 4) is 5.75 Å². The average molecular weight is 443 g/mol. The lowest BCUT2D eigenvalue weighted by Gasteiger charge is -2.45. The van der Waals surface area contributed by atoms with E-state index >= 15 is 0 Å². The standard InChI is InChI=1S/C28H30N2O3/c1-22-20-29(16-7-11-23-9-4-3-5-10-23)18-15-28(22,2)25-13-6-14-26(19-25)33-27(31)24-12-8-17-30(32)21-24/h3-14,17,19,21-22H,15-16,18,20H2,1-2H3. The largest absolute Gasteiger partial charge is 0.619 e. The van der Waals surface area contributed by atoms with Crippen LogP contribution in [-0.4, -0.2) is 30.5 Å².